The van der Waals surface area contributed by atoms with Gasteiger partial charge in [0.15, 0.2) is 0 Å². The fourth-order valence-electron chi connectivity index (χ4n) is 3.21. The lowest BCUT2D eigenvalue weighted by Crippen LogP contribution is -2.38. The Morgan fingerprint density at radius 2 is 1.96 bits per heavy atom. The highest BCUT2D eigenvalue weighted by molar-refractivity contribution is 9.10. The minimum Gasteiger partial charge on any atom is -0.453 e. The molecule has 0 saturated heterocycles. The first-order valence-electron chi connectivity index (χ1n) is 9.00. The maximum atomic E-state index is 14.3. The Labute approximate surface area is 173 Å². The van der Waals surface area contributed by atoms with E-state index in [-0.39, 0.29) is 31.0 Å². The smallest absolute Gasteiger partial charge is 0.409 e. The Hall–Kier alpha value is -2.18. The van der Waals surface area contributed by atoms with E-state index in [0.717, 1.165) is 10.0 Å². The summed E-state index contributed by atoms with van der Waals surface area (Å²) in [4.78, 5) is 13.9. The van der Waals surface area contributed by atoms with E-state index in [9.17, 15) is 14.3 Å². The Kier molecular flexibility index (Phi) is 7.78. The molecule has 1 amide bonds. The predicted octanol–water partition coefficient (Wildman–Crippen LogP) is 5.57. The number of aliphatic hydroxyl groups is 1. The van der Waals surface area contributed by atoms with Crippen LogP contribution in [0.15, 0.2) is 65.7 Å². The molecule has 2 aromatic carbocycles. The normalized spacial score (nSPS) is 14.0. The molecule has 0 bridgehead atoms. The molecule has 0 aromatic heterocycles. The van der Waals surface area contributed by atoms with E-state index in [1.165, 1.54) is 18.1 Å². The van der Waals surface area contributed by atoms with Gasteiger partial charge in [-0.15, -0.1) is 6.58 Å². The fourth-order valence-corrected chi connectivity index (χ4v) is 3.48. The van der Waals surface area contributed by atoms with Gasteiger partial charge in [0.05, 0.1) is 18.8 Å². The number of ether oxygens (including phenoxy) is 1. The highest BCUT2D eigenvalue weighted by atomic mass is 79.9. The maximum absolute atomic E-state index is 14.3. The topological polar surface area (TPSA) is 49.8 Å². The first-order valence-corrected chi connectivity index (χ1v) is 9.80. The molecule has 0 radical (unpaired) electrons. The third-order valence-electron chi connectivity index (χ3n) is 4.85. The molecule has 0 aliphatic rings. The van der Waals surface area contributed by atoms with Crippen LogP contribution in [0.5, 0.6) is 0 Å². The zero-order valence-corrected chi connectivity index (χ0v) is 17.7. The van der Waals surface area contributed by atoms with Crippen LogP contribution in [-0.4, -0.2) is 29.8 Å². The summed E-state index contributed by atoms with van der Waals surface area (Å²) in [6.45, 7) is 5.75. The molecule has 2 rings (SSSR count). The van der Waals surface area contributed by atoms with E-state index in [1.54, 1.807) is 24.3 Å². The summed E-state index contributed by atoms with van der Waals surface area (Å²) in [7, 11) is 1.32. The van der Waals surface area contributed by atoms with Gasteiger partial charge in [-0.3, -0.25) is 0 Å². The van der Waals surface area contributed by atoms with Gasteiger partial charge in [0.1, 0.15) is 5.82 Å². The van der Waals surface area contributed by atoms with Gasteiger partial charge in [0.2, 0.25) is 0 Å². The number of methoxy groups -OCH3 is 1. The number of hydrogen-bond donors (Lipinski definition) is 1. The number of hydrogen-bond acceptors (Lipinski definition) is 3. The van der Waals surface area contributed by atoms with Crippen LogP contribution >= 0.6 is 15.9 Å². The lowest BCUT2D eigenvalue weighted by Gasteiger charge is -2.33. The van der Waals surface area contributed by atoms with Crippen molar-refractivity contribution in [3.63, 3.8) is 0 Å². The molecule has 0 aliphatic heterocycles. The Morgan fingerprint density at radius 3 is 2.54 bits per heavy atom. The Bertz CT molecular complexity index is 812. The Balaban J connectivity index is 2.27. The van der Waals surface area contributed by atoms with Crippen LogP contribution in [0.25, 0.3) is 0 Å². The standard InChI is InChI=1S/C22H25BrFNO3/c1-4-13-22(27,19-7-5-6-8-20(19)24)14-15-25(21(26)28-3)16(2)17-9-11-18(23)12-10-17/h4-12,16,27H,1,13-15H2,2-3H3/t16-,22?/m0/s1. The van der Waals surface area contributed by atoms with Crippen LogP contribution < -0.4 is 0 Å². The molecule has 1 unspecified atom stereocenters. The van der Waals surface area contributed by atoms with Gasteiger partial charge < -0.3 is 14.7 Å². The van der Waals surface area contributed by atoms with Gasteiger partial charge in [-0.05, 0) is 43.5 Å². The second-order valence-corrected chi connectivity index (χ2v) is 7.56. The molecule has 28 heavy (non-hydrogen) atoms. The van der Waals surface area contributed by atoms with E-state index in [2.05, 4.69) is 22.5 Å². The summed E-state index contributed by atoms with van der Waals surface area (Å²) in [5, 5.41) is 11.2. The van der Waals surface area contributed by atoms with E-state index in [4.69, 9.17) is 4.74 Å². The summed E-state index contributed by atoms with van der Waals surface area (Å²) < 4.78 is 20.2. The summed E-state index contributed by atoms with van der Waals surface area (Å²) >= 11 is 3.40. The van der Waals surface area contributed by atoms with E-state index in [1.807, 2.05) is 31.2 Å². The van der Waals surface area contributed by atoms with Crippen molar-refractivity contribution in [2.75, 3.05) is 13.7 Å². The first-order chi connectivity index (χ1) is 13.3. The van der Waals surface area contributed by atoms with Crippen molar-refractivity contribution in [1.29, 1.82) is 0 Å². The zero-order valence-electron chi connectivity index (χ0n) is 16.1. The van der Waals surface area contributed by atoms with Crippen LogP contribution in [-0.2, 0) is 10.3 Å². The highest BCUT2D eigenvalue weighted by Crippen LogP contribution is 2.33. The van der Waals surface area contributed by atoms with E-state index >= 15 is 0 Å². The quantitative estimate of drug-likeness (QED) is 0.535. The van der Waals surface area contributed by atoms with Gasteiger partial charge in [0, 0.05) is 16.6 Å². The van der Waals surface area contributed by atoms with Crippen LogP contribution in [0.2, 0.25) is 0 Å². The molecule has 0 heterocycles. The van der Waals surface area contributed by atoms with Gasteiger partial charge in [0.25, 0.3) is 0 Å². The molecule has 2 aromatic rings. The minimum absolute atomic E-state index is 0.135. The van der Waals surface area contributed by atoms with E-state index < -0.39 is 17.5 Å². The molecule has 0 saturated carbocycles. The Morgan fingerprint density at radius 1 is 1.32 bits per heavy atom. The number of amides is 1. The third-order valence-corrected chi connectivity index (χ3v) is 5.38. The van der Waals surface area contributed by atoms with Crippen LogP contribution in [0.4, 0.5) is 9.18 Å². The van der Waals surface area contributed by atoms with Crippen molar-refractivity contribution >= 4 is 22.0 Å². The molecular formula is C22H25BrFNO3. The fraction of sp³-hybridized carbons (Fsp3) is 0.318. The molecule has 150 valence electrons. The SMILES string of the molecule is C=CCC(O)(CCN(C(=O)OC)[C@@H](C)c1ccc(Br)cc1)c1ccccc1F. The second-order valence-electron chi connectivity index (χ2n) is 6.65. The minimum atomic E-state index is -1.47. The zero-order chi connectivity index (χ0) is 20.7. The number of halogens is 2. The average Bonchev–Trinajstić information content (AvgIpc) is 2.68. The van der Waals surface area contributed by atoms with E-state index in [0.29, 0.717) is 0 Å². The second kappa shape index (κ2) is 9.85. The molecule has 4 nitrogen and oxygen atoms in total. The monoisotopic (exact) mass is 449 g/mol. The number of rotatable bonds is 8. The first kappa shape index (κ1) is 22.1. The van der Waals surface area contributed by atoms with Gasteiger partial charge in [-0.1, -0.05) is 52.3 Å². The molecular weight excluding hydrogens is 425 g/mol. The maximum Gasteiger partial charge on any atom is 0.409 e. The number of nitrogens with zero attached hydrogens (tertiary/aromatic N) is 1. The highest BCUT2D eigenvalue weighted by Gasteiger charge is 2.33. The van der Waals surface area contributed by atoms with Crippen molar-refractivity contribution in [3.8, 4) is 0 Å². The summed E-state index contributed by atoms with van der Waals surface area (Å²) in [6.07, 6.45) is 1.34. The average molecular weight is 450 g/mol. The lowest BCUT2D eigenvalue weighted by molar-refractivity contribution is 0.0129. The molecule has 1 N–H and O–H groups in total. The summed E-state index contributed by atoms with van der Waals surface area (Å²) in [6, 6.07) is 13.5. The third kappa shape index (κ3) is 5.20. The van der Waals surface area contributed by atoms with Crippen molar-refractivity contribution in [2.24, 2.45) is 0 Å². The number of benzene rings is 2. The largest absolute Gasteiger partial charge is 0.453 e. The molecule has 0 fully saturated rings. The van der Waals surface area contributed by atoms with Crippen LogP contribution in [0.3, 0.4) is 0 Å². The van der Waals surface area contributed by atoms with Crippen LogP contribution in [0, 0.1) is 5.82 Å². The lowest BCUT2D eigenvalue weighted by atomic mass is 9.86. The molecule has 6 heteroatoms. The van der Waals surface area contributed by atoms with Crippen LogP contribution in [0.1, 0.15) is 36.9 Å². The molecule has 0 spiro atoms. The van der Waals surface area contributed by atoms with Gasteiger partial charge in [-0.25, -0.2) is 9.18 Å². The van der Waals surface area contributed by atoms with Gasteiger partial charge >= 0.3 is 6.09 Å². The van der Waals surface area contributed by atoms with Crippen molar-refractivity contribution in [3.05, 3.63) is 82.6 Å². The van der Waals surface area contributed by atoms with Gasteiger partial charge in [-0.2, -0.15) is 0 Å². The molecule has 2 atom stereocenters. The predicted molar refractivity (Wildman–Crippen MR) is 111 cm³/mol. The summed E-state index contributed by atoms with van der Waals surface area (Å²) in [5.41, 5.74) is -0.360. The molecule has 0 aliphatic carbocycles. The number of carbonyl (C=O) groups excluding carboxylic acids is 1. The number of carbonyl (C=O) groups is 1. The van der Waals surface area contributed by atoms with Crippen molar-refractivity contribution in [1.82, 2.24) is 4.90 Å². The summed E-state index contributed by atoms with van der Waals surface area (Å²) in [5.74, 6) is -0.488. The van der Waals surface area contributed by atoms with Crippen molar-refractivity contribution in [2.45, 2.75) is 31.4 Å². The van der Waals surface area contributed by atoms with Crippen molar-refractivity contribution < 1.29 is 19.0 Å².